The summed E-state index contributed by atoms with van der Waals surface area (Å²) in [6.45, 7) is 0. The molecule has 45 valence electrons. The first-order valence-corrected chi connectivity index (χ1v) is 2.92. The van der Waals surface area contributed by atoms with Crippen LogP contribution in [0.2, 0.25) is 0 Å². The minimum absolute atomic E-state index is 0. The second-order valence-corrected chi connectivity index (χ2v) is 1.00. The van der Waals surface area contributed by atoms with Crippen molar-refractivity contribution in [3.8, 4) is 0 Å². The third-order valence-corrected chi connectivity index (χ3v) is 0. The molecule has 0 aromatic rings. The molecule has 0 saturated heterocycles. The van der Waals surface area contributed by atoms with Gasteiger partial charge >= 0.3 is 68.6 Å². The molecule has 0 spiro atoms. The van der Waals surface area contributed by atoms with Crippen LogP contribution in [-0.4, -0.2) is 41.4 Å². The summed E-state index contributed by atoms with van der Waals surface area (Å²) < 4.78 is 0. The Morgan fingerprint density at radius 3 is 1.00 bits per heavy atom. The zero-order valence-electron chi connectivity index (χ0n) is 3.09. The molecule has 0 bridgehead atoms. The molecule has 0 aromatic heterocycles. The first-order chi connectivity index (χ1) is 2.83. The van der Waals surface area contributed by atoms with E-state index in [1.165, 1.54) is 0 Å². The Balaban J connectivity index is -0.0000000400. The van der Waals surface area contributed by atoms with Crippen LogP contribution in [0.15, 0.2) is 0 Å². The fourth-order valence-electron chi connectivity index (χ4n) is 0. The van der Waals surface area contributed by atoms with Crippen LogP contribution in [0, 0.1) is 0 Å². The van der Waals surface area contributed by atoms with Gasteiger partial charge in [0.1, 0.15) is 0 Å². The summed E-state index contributed by atoms with van der Waals surface area (Å²) in [5.41, 5.74) is 0. The molecular weight excluding hydrogens is 277 g/mol. The van der Waals surface area contributed by atoms with Crippen LogP contribution >= 0.6 is 0 Å². The molecule has 0 atom stereocenters. The Bertz CT molecular complexity index is 34.7. The van der Waals surface area contributed by atoms with Crippen molar-refractivity contribution in [1.29, 1.82) is 0 Å². The van der Waals surface area contributed by atoms with E-state index < -0.39 is 0 Å². The average molecular weight is 280 g/mol. The molecule has 5 heteroatoms. The van der Waals surface area contributed by atoms with Crippen molar-refractivity contribution < 1.29 is 27.3 Å². The molecule has 0 heterocycles. The quantitative estimate of drug-likeness (QED) is 0.433. The summed E-state index contributed by atoms with van der Waals surface area (Å²) in [7, 11) is 0. The standard InChI is InChI=1S/2CH2OSe.Cu/c2*2-1-3;/h2*1H,(H,2,3);/q;;+2/p-2. The van der Waals surface area contributed by atoms with Gasteiger partial charge in [0, 0.05) is 0 Å². The summed E-state index contributed by atoms with van der Waals surface area (Å²) >= 11 is 4.25. The molecule has 0 N–H and O–H groups in total. The molecule has 0 fully saturated rings. The van der Waals surface area contributed by atoms with Crippen LogP contribution in [0.4, 0.5) is 0 Å². The summed E-state index contributed by atoms with van der Waals surface area (Å²) in [5.74, 6) is 0. The van der Waals surface area contributed by atoms with E-state index in [0.29, 0.717) is 10.2 Å². The normalized spacial score (nSPS) is 3.43. The number of rotatable bonds is 0. The van der Waals surface area contributed by atoms with Gasteiger partial charge < -0.3 is 0 Å². The maximum atomic E-state index is 8.75. The van der Waals surface area contributed by atoms with Crippen LogP contribution in [0.5, 0.6) is 0 Å². The van der Waals surface area contributed by atoms with Crippen molar-refractivity contribution in [2.24, 2.45) is 0 Å². The minimum atomic E-state index is 0. The molecule has 0 aromatic carbocycles. The van der Waals surface area contributed by atoms with E-state index in [0.717, 1.165) is 0 Å². The SMILES string of the molecule is [Cu+2].[O-]C=[Se].[O-]C=[Se]. The fraction of sp³-hybridized carbons (Fsp3) is 0. The molecule has 0 aliphatic carbocycles. The Kier molecular flexibility index (Phi) is 63.9. The second-order valence-electron chi connectivity index (χ2n) is 0.192. The predicted octanol–water partition coefficient (Wildman–Crippen LogP) is -3.45. The molecule has 0 aliphatic heterocycles. The molecular formula is C2H2CuO2Se2. The average Bonchev–Trinajstić information content (AvgIpc) is 1.39. The van der Waals surface area contributed by atoms with Crippen molar-refractivity contribution in [1.82, 2.24) is 0 Å². The first kappa shape index (κ1) is 15.7. The van der Waals surface area contributed by atoms with Gasteiger partial charge in [0.05, 0.1) is 0 Å². The van der Waals surface area contributed by atoms with Gasteiger partial charge in [-0.2, -0.15) is 0 Å². The Hall–Kier alpha value is 0.898. The predicted molar refractivity (Wildman–Crippen MR) is 23.6 cm³/mol. The topological polar surface area (TPSA) is 46.1 Å². The van der Waals surface area contributed by atoms with Crippen molar-refractivity contribution >= 4 is 41.4 Å². The van der Waals surface area contributed by atoms with Gasteiger partial charge in [-0.1, -0.05) is 0 Å². The molecule has 0 aliphatic rings. The Morgan fingerprint density at radius 1 is 1.00 bits per heavy atom. The maximum absolute atomic E-state index is 8.75. The van der Waals surface area contributed by atoms with Gasteiger partial charge in [0.15, 0.2) is 0 Å². The van der Waals surface area contributed by atoms with E-state index >= 15 is 0 Å². The summed E-state index contributed by atoms with van der Waals surface area (Å²) in [4.78, 5) is 0. The van der Waals surface area contributed by atoms with Crippen molar-refractivity contribution in [3.05, 3.63) is 0 Å². The van der Waals surface area contributed by atoms with Crippen LogP contribution in [0.3, 0.4) is 0 Å². The van der Waals surface area contributed by atoms with Gasteiger partial charge in [0.25, 0.3) is 0 Å². The molecule has 1 radical (unpaired) electrons. The van der Waals surface area contributed by atoms with E-state index in [2.05, 4.69) is 31.2 Å². The fourth-order valence-corrected chi connectivity index (χ4v) is 0. The molecule has 0 saturated carbocycles. The number of hydrogen-bond donors (Lipinski definition) is 0. The summed E-state index contributed by atoms with van der Waals surface area (Å²) in [5, 5.41) is 18.8. The van der Waals surface area contributed by atoms with Gasteiger partial charge in [-0.25, -0.2) is 0 Å². The zero-order valence-corrected chi connectivity index (χ0v) is 7.46. The van der Waals surface area contributed by atoms with E-state index in [-0.39, 0.29) is 17.1 Å². The number of hydrogen-bond acceptors (Lipinski definition) is 2. The van der Waals surface area contributed by atoms with E-state index in [1.807, 2.05) is 0 Å². The van der Waals surface area contributed by atoms with Gasteiger partial charge in [0.2, 0.25) is 0 Å². The van der Waals surface area contributed by atoms with Crippen LogP contribution in [0.25, 0.3) is 0 Å². The Labute approximate surface area is 68.5 Å². The van der Waals surface area contributed by atoms with Crippen molar-refractivity contribution in [2.75, 3.05) is 0 Å². The van der Waals surface area contributed by atoms with Crippen LogP contribution in [-0.2, 0) is 17.1 Å². The third kappa shape index (κ3) is 205. The van der Waals surface area contributed by atoms with Crippen LogP contribution in [0.1, 0.15) is 0 Å². The van der Waals surface area contributed by atoms with Gasteiger partial charge in [-0.05, 0) is 0 Å². The second kappa shape index (κ2) is 28.6. The summed E-state index contributed by atoms with van der Waals surface area (Å²) in [6.07, 6.45) is 0. The zero-order chi connectivity index (χ0) is 5.41. The van der Waals surface area contributed by atoms with Gasteiger partial charge in [-0.15, -0.1) is 0 Å². The van der Waals surface area contributed by atoms with E-state index in [1.54, 1.807) is 0 Å². The third-order valence-electron chi connectivity index (χ3n) is 0. The molecule has 2 nitrogen and oxygen atoms in total. The van der Waals surface area contributed by atoms with Gasteiger partial charge in [-0.3, -0.25) is 0 Å². The molecule has 0 amide bonds. The van der Waals surface area contributed by atoms with E-state index in [9.17, 15) is 0 Å². The molecule has 0 unspecified atom stereocenters. The van der Waals surface area contributed by atoms with Crippen molar-refractivity contribution in [3.63, 3.8) is 0 Å². The molecule has 7 heavy (non-hydrogen) atoms. The van der Waals surface area contributed by atoms with Crippen LogP contribution < -0.4 is 10.2 Å². The first-order valence-electron chi connectivity index (χ1n) is 0.943. The molecule has 0 rings (SSSR count). The van der Waals surface area contributed by atoms with E-state index in [4.69, 9.17) is 10.2 Å². The summed E-state index contributed by atoms with van der Waals surface area (Å²) in [6, 6.07) is 0. The van der Waals surface area contributed by atoms with Crippen molar-refractivity contribution in [2.45, 2.75) is 0 Å². The monoisotopic (exact) mass is 281 g/mol. The Morgan fingerprint density at radius 2 is 1.00 bits per heavy atom.